The van der Waals surface area contributed by atoms with Crippen LogP contribution < -0.4 is 4.65 Å². The van der Waals surface area contributed by atoms with E-state index < -0.39 is 0 Å². The molecule has 0 atom stereocenters. The predicted molar refractivity (Wildman–Crippen MR) is 77.8 cm³/mol. The molecule has 0 unspecified atom stereocenters. The second-order valence-electron chi connectivity index (χ2n) is 3.96. The highest BCUT2D eigenvalue weighted by molar-refractivity contribution is 9.10. The van der Waals surface area contributed by atoms with E-state index in [0.29, 0.717) is 5.75 Å². The summed E-state index contributed by atoms with van der Waals surface area (Å²) in [6.45, 7) is 0. The summed E-state index contributed by atoms with van der Waals surface area (Å²) in [5.74, 6) is 0.673. The van der Waals surface area contributed by atoms with Gasteiger partial charge in [-0.15, -0.1) is 0 Å². The number of hydrogen-bond donors (Lipinski definition) is 1. The van der Waals surface area contributed by atoms with Gasteiger partial charge in [0.25, 0.3) is 0 Å². The van der Waals surface area contributed by atoms with Crippen LogP contribution in [0.25, 0.3) is 21.5 Å². The van der Waals surface area contributed by atoms with Crippen LogP contribution in [0.1, 0.15) is 0 Å². The fourth-order valence-corrected chi connectivity index (χ4v) is 2.91. The Bertz CT molecular complexity index is 670. The highest BCUT2D eigenvalue weighted by atomic mass is 79.9. The van der Waals surface area contributed by atoms with Crippen LogP contribution in [-0.4, -0.2) is 12.7 Å². The average Bonchev–Trinajstić information content (AvgIpc) is 2.43. The van der Waals surface area contributed by atoms with Crippen LogP contribution in [0, 0.1) is 0 Å². The quantitative estimate of drug-likeness (QED) is 0.578. The summed E-state index contributed by atoms with van der Waals surface area (Å²) in [6, 6.07) is 15.9. The first-order chi connectivity index (χ1) is 8.83. The fourth-order valence-electron chi connectivity index (χ4n) is 2.21. The van der Waals surface area contributed by atoms with Gasteiger partial charge in [-0.25, -0.2) is 0 Å². The van der Waals surface area contributed by atoms with Crippen LogP contribution in [0.5, 0.6) is 5.75 Å². The summed E-state index contributed by atoms with van der Waals surface area (Å²) in [4.78, 5) is 0. The predicted octanol–water partition coefficient (Wildman–Crippen LogP) is 3.66. The Kier molecular flexibility index (Phi) is 2.98. The monoisotopic (exact) mass is 299 g/mol. The Morgan fingerprint density at radius 2 is 1.28 bits per heavy atom. The molecule has 2 nitrogen and oxygen atoms in total. The molecule has 0 heterocycles. The van der Waals surface area contributed by atoms with E-state index in [0.717, 1.165) is 33.7 Å². The van der Waals surface area contributed by atoms with E-state index in [1.165, 1.54) is 0 Å². The zero-order valence-electron chi connectivity index (χ0n) is 9.43. The van der Waals surface area contributed by atoms with Crippen LogP contribution >= 0.6 is 15.9 Å². The summed E-state index contributed by atoms with van der Waals surface area (Å²) in [7, 11) is 0.724. The molecule has 0 saturated heterocycles. The molecule has 87 valence electrons. The van der Waals surface area contributed by atoms with Crippen molar-refractivity contribution in [1.29, 1.82) is 0 Å². The minimum Gasteiger partial charge on any atom is -0.537 e. The summed E-state index contributed by atoms with van der Waals surface area (Å²) >= 11 is 3.64. The molecule has 0 amide bonds. The third-order valence-electron chi connectivity index (χ3n) is 2.99. The molecule has 4 heteroatoms. The molecule has 0 aromatic heterocycles. The van der Waals surface area contributed by atoms with Gasteiger partial charge in [-0.3, -0.25) is 0 Å². The lowest BCUT2D eigenvalue weighted by molar-refractivity contribution is 0.459. The molecular formula is C14H9BBrO2. The first-order valence-corrected chi connectivity index (χ1v) is 6.33. The topological polar surface area (TPSA) is 29.5 Å². The summed E-state index contributed by atoms with van der Waals surface area (Å²) in [6.07, 6.45) is 0. The van der Waals surface area contributed by atoms with Gasteiger partial charge in [0.15, 0.2) is 0 Å². The molecule has 1 radical (unpaired) electrons. The molecule has 0 spiro atoms. The van der Waals surface area contributed by atoms with E-state index in [1.54, 1.807) is 0 Å². The van der Waals surface area contributed by atoms with Gasteiger partial charge >= 0.3 is 7.69 Å². The zero-order valence-corrected chi connectivity index (χ0v) is 11.0. The van der Waals surface area contributed by atoms with Crippen molar-refractivity contribution >= 4 is 45.2 Å². The van der Waals surface area contributed by atoms with Crippen molar-refractivity contribution in [2.75, 3.05) is 0 Å². The van der Waals surface area contributed by atoms with Gasteiger partial charge < -0.3 is 9.68 Å². The van der Waals surface area contributed by atoms with Crippen molar-refractivity contribution in [3.63, 3.8) is 0 Å². The van der Waals surface area contributed by atoms with Gasteiger partial charge in [-0.2, -0.15) is 0 Å². The molecule has 0 aliphatic rings. The van der Waals surface area contributed by atoms with E-state index in [2.05, 4.69) is 15.9 Å². The van der Waals surface area contributed by atoms with E-state index in [-0.39, 0.29) is 0 Å². The third kappa shape index (κ3) is 1.69. The molecule has 0 bridgehead atoms. The van der Waals surface area contributed by atoms with Gasteiger partial charge in [0, 0.05) is 26.0 Å². The van der Waals surface area contributed by atoms with E-state index in [1.807, 2.05) is 48.5 Å². The van der Waals surface area contributed by atoms with Crippen LogP contribution in [0.2, 0.25) is 0 Å². The zero-order chi connectivity index (χ0) is 12.5. The molecular weight excluding hydrogens is 291 g/mol. The van der Waals surface area contributed by atoms with Crippen molar-refractivity contribution in [3.05, 3.63) is 53.0 Å². The lowest BCUT2D eigenvalue weighted by Gasteiger charge is -2.13. The maximum Gasteiger partial charge on any atom is 0.569 e. The smallest absolute Gasteiger partial charge is 0.537 e. The second-order valence-corrected chi connectivity index (χ2v) is 4.75. The van der Waals surface area contributed by atoms with Gasteiger partial charge in [0.05, 0.1) is 0 Å². The summed E-state index contributed by atoms with van der Waals surface area (Å²) < 4.78 is 6.34. The fraction of sp³-hybridized carbons (Fsp3) is 0. The van der Waals surface area contributed by atoms with Gasteiger partial charge in [-0.05, 0) is 15.9 Å². The number of rotatable bonds is 2. The normalized spacial score (nSPS) is 10.8. The van der Waals surface area contributed by atoms with Gasteiger partial charge in [-0.1, -0.05) is 48.5 Å². The molecule has 0 aliphatic carbocycles. The molecule has 0 fully saturated rings. The van der Waals surface area contributed by atoms with Crippen molar-refractivity contribution in [2.45, 2.75) is 0 Å². The van der Waals surface area contributed by atoms with E-state index >= 15 is 0 Å². The number of hydrogen-bond acceptors (Lipinski definition) is 2. The first kappa shape index (κ1) is 11.6. The molecule has 0 saturated carbocycles. The standard InChI is InChI=1S/C14H9BBrO2/c16-13-9-5-1-3-7-11(9)14(18-15-17)12-8-4-2-6-10(12)13/h1-8,17H. The average molecular weight is 300 g/mol. The Hall–Kier alpha value is -1.52. The molecule has 3 aromatic rings. The van der Waals surface area contributed by atoms with Crippen LogP contribution in [0.4, 0.5) is 0 Å². The SMILES string of the molecule is O[B]Oc1c2ccccc2c(Br)c2ccccc12. The van der Waals surface area contributed by atoms with Crippen LogP contribution in [-0.2, 0) is 0 Å². The number of halogens is 1. The third-order valence-corrected chi connectivity index (χ3v) is 3.84. The van der Waals surface area contributed by atoms with Gasteiger partial charge in [0.2, 0.25) is 0 Å². The lowest BCUT2D eigenvalue weighted by Crippen LogP contribution is -2.01. The Morgan fingerprint density at radius 1 is 0.833 bits per heavy atom. The first-order valence-electron chi connectivity index (χ1n) is 5.54. The van der Waals surface area contributed by atoms with E-state index in [9.17, 15) is 0 Å². The second kappa shape index (κ2) is 4.63. The molecule has 0 aliphatic heterocycles. The Balaban J connectivity index is 2.54. The lowest BCUT2D eigenvalue weighted by atomic mass is 10.0. The van der Waals surface area contributed by atoms with Gasteiger partial charge in [0.1, 0.15) is 5.75 Å². The number of benzene rings is 3. The highest BCUT2D eigenvalue weighted by Crippen LogP contribution is 2.40. The molecule has 1 N–H and O–H groups in total. The maximum atomic E-state index is 8.95. The molecule has 3 rings (SSSR count). The molecule has 3 aromatic carbocycles. The Labute approximate surface area is 114 Å². The van der Waals surface area contributed by atoms with Crippen molar-refractivity contribution in [3.8, 4) is 5.75 Å². The minimum atomic E-state index is 0.673. The summed E-state index contributed by atoms with van der Waals surface area (Å²) in [5, 5.41) is 13.0. The largest absolute Gasteiger partial charge is 0.569 e. The Morgan fingerprint density at radius 3 is 1.72 bits per heavy atom. The number of fused-ring (bicyclic) bond motifs is 2. The molecule has 18 heavy (non-hydrogen) atoms. The maximum absolute atomic E-state index is 8.95. The van der Waals surface area contributed by atoms with Crippen molar-refractivity contribution in [2.24, 2.45) is 0 Å². The summed E-state index contributed by atoms with van der Waals surface area (Å²) in [5.41, 5.74) is 0. The van der Waals surface area contributed by atoms with Crippen molar-refractivity contribution in [1.82, 2.24) is 0 Å². The highest BCUT2D eigenvalue weighted by Gasteiger charge is 2.12. The van der Waals surface area contributed by atoms with E-state index in [4.69, 9.17) is 9.68 Å². The van der Waals surface area contributed by atoms with Crippen LogP contribution in [0.3, 0.4) is 0 Å². The van der Waals surface area contributed by atoms with Crippen LogP contribution in [0.15, 0.2) is 53.0 Å². The minimum absolute atomic E-state index is 0.673. The van der Waals surface area contributed by atoms with Crippen molar-refractivity contribution < 1.29 is 9.68 Å².